The summed E-state index contributed by atoms with van der Waals surface area (Å²) in [7, 11) is 0. The fraction of sp³-hybridized carbons (Fsp3) is 0.167. The highest BCUT2D eigenvalue weighted by atomic mass is 32.2. The van der Waals surface area contributed by atoms with Crippen LogP contribution in [0, 0.1) is 11.6 Å². The Kier molecular flexibility index (Phi) is 5.87. The first-order chi connectivity index (χ1) is 16.1. The van der Waals surface area contributed by atoms with Gasteiger partial charge in [0, 0.05) is 36.3 Å². The van der Waals surface area contributed by atoms with Crippen LogP contribution in [0.3, 0.4) is 0 Å². The molecule has 4 aromatic rings. The molecule has 33 heavy (non-hydrogen) atoms. The van der Waals surface area contributed by atoms with E-state index in [9.17, 15) is 13.6 Å². The zero-order chi connectivity index (χ0) is 22.8. The van der Waals surface area contributed by atoms with E-state index in [1.165, 1.54) is 22.7 Å². The molecule has 2 aromatic carbocycles. The summed E-state index contributed by atoms with van der Waals surface area (Å²) in [5.41, 5.74) is 2.33. The number of hydrogen-bond donors (Lipinski definition) is 0. The van der Waals surface area contributed by atoms with Gasteiger partial charge < -0.3 is 4.90 Å². The van der Waals surface area contributed by atoms with Crippen LogP contribution in [0.15, 0.2) is 72.1 Å². The highest BCUT2D eigenvalue weighted by molar-refractivity contribution is 7.99. The van der Waals surface area contributed by atoms with Crippen molar-refractivity contribution in [2.24, 2.45) is 0 Å². The van der Waals surface area contributed by atoms with Crippen molar-refractivity contribution in [3.05, 3.63) is 84.2 Å². The number of aromatic nitrogens is 4. The summed E-state index contributed by atoms with van der Waals surface area (Å²) in [4.78, 5) is 18.6. The molecule has 1 aliphatic heterocycles. The predicted octanol–water partition coefficient (Wildman–Crippen LogP) is 4.68. The summed E-state index contributed by atoms with van der Waals surface area (Å²) in [5, 5.41) is 9.18. The monoisotopic (exact) mass is 463 g/mol. The summed E-state index contributed by atoms with van der Waals surface area (Å²) in [6.45, 7) is 0.390. The molecule has 0 fully saturated rings. The highest BCUT2D eigenvalue weighted by Crippen LogP contribution is 2.33. The average molecular weight is 464 g/mol. The number of anilines is 1. The number of carbonyl (C=O) groups excluding carboxylic acids is 1. The molecule has 9 heteroatoms. The van der Waals surface area contributed by atoms with E-state index < -0.39 is 11.6 Å². The number of para-hydroxylation sites is 1. The molecular formula is C24H19F2N5OS. The summed E-state index contributed by atoms with van der Waals surface area (Å²) in [6, 6.07) is 15.4. The van der Waals surface area contributed by atoms with E-state index in [2.05, 4.69) is 15.2 Å². The molecule has 0 radical (unpaired) electrons. The van der Waals surface area contributed by atoms with Crippen LogP contribution >= 0.6 is 11.8 Å². The first-order valence-electron chi connectivity index (χ1n) is 10.4. The van der Waals surface area contributed by atoms with Crippen molar-refractivity contribution in [2.45, 2.75) is 18.0 Å². The van der Waals surface area contributed by atoms with Crippen LogP contribution in [0.4, 0.5) is 14.5 Å². The maximum atomic E-state index is 14.5. The Morgan fingerprint density at radius 1 is 1.06 bits per heavy atom. The number of fused-ring (bicyclic) bond motifs is 1. The number of rotatable bonds is 5. The van der Waals surface area contributed by atoms with Gasteiger partial charge in [0.25, 0.3) is 0 Å². The first-order valence-corrected chi connectivity index (χ1v) is 11.4. The van der Waals surface area contributed by atoms with Crippen molar-refractivity contribution in [3.63, 3.8) is 0 Å². The van der Waals surface area contributed by atoms with Crippen molar-refractivity contribution in [2.75, 3.05) is 17.2 Å². The summed E-state index contributed by atoms with van der Waals surface area (Å²) in [5.74, 6) is -0.969. The largest absolute Gasteiger partial charge is 0.309 e. The van der Waals surface area contributed by atoms with Gasteiger partial charge in [0.05, 0.1) is 11.4 Å². The lowest BCUT2D eigenvalue weighted by atomic mass is 10.0. The fourth-order valence-corrected chi connectivity index (χ4v) is 4.79. The van der Waals surface area contributed by atoms with Crippen molar-refractivity contribution in [3.8, 4) is 17.1 Å². The Balaban J connectivity index is 1.44. The predicted molar refractivity (Wildman–Crippen MR) is 122 cm³/mol. The third-order valence-electron chi connectivity index (χ3n) is 5.40. The topological polar surface area (TPSA) is 63.9 Å². The molecule has 1 amide bonds. The molecule has 5 rings (SSSR count). The van der Waals surface area contributed by atoms with Gasteiger partial charge in [-0.05, 0) is 48.7 Å². The number of thioether (sulfide) groups is 1. The lowest BCUT2D eigenvalue weighted by Gasteiger charge is -2.29. The van der Waals surface area contributed by atoms with Gasteiger partial charge in [0.1, 0.15) is 11.6 Å². The van der Waals surface area contributed by atoms with Gasteiger partial charge in [-0.15, -0.1) is 10.2 Å². The van der Waals surface area contributed by atoms with Gasteiger partial charge in [-0.25, -0.2) is 8.78 Å². The zero-order valence-corrected chi connectivity index (χ0v) is 18.3. The van der Waals surface area contributed by atoms with Crippen LogP contribution in [0.25, 0.3) is 17.1 Å². The van der Waals surface area contributed by atoms with Gasteiger partial charge in [0.2, 0.25) is 5.91 Å². The zero-order valence-electron chi connectivity index (χ0n) is 17.5. The number of pyridine rings is 1. The minimum absolute atomic E-state index is 0.0360. The smallest absolute Gasteiger partial charge is 0.237 e. The molecule has 3 heterocycles. The number of hydrogen-bond acceptors (Lipinski definition) is 5. The molecule has 1 aliphatic rings. The first kappa shape index (κ1) is 21.3. The Morgan fingerprint density at radius 3 is 2.70 bits per heavy atom. The molecule has 0 bridgehead atoms. The van der Waals surface area contributed by atoms with E-state index in [4.69, 9.17) is 0 Å². The van der Waals surface area contributed by atoms with Crippen LogP contribution in [0.2, 0.25) is 0 Å². The van der Waals surface area contributed by atoms with E-state index in [0.29, 0.717) is 35.9 Å². The van der Waals surface area contributed by atoms with Crippen molar-refractivity contribution in [1.82, 2.24) is 19.7 Å². The van der Waals surface area contributed by atoms with Gasteiger partial charge in [-0.2, -0.15) is 0 Å². The third-order valence-corrected chi connectivity index (χ3v) is 6.31. The van der Waals surface area contributed by atoms with Crippen molar-refractivity contribution >= 4 is 23.4 Å². The molecule has 0 saturated carbocycles. The Hall–Kier alpha value is -3.59. The Bertz CT molecular complexity index is 1300. The maximum Gasteiger partial charge on any atom is 0.237 e. The molecular weight excluding hydrogens is 444 g/mol. The van der Waals surface area contributed by atoms with Crippen molar-refractivity contribution < 1.29 is 13.6 Å². The van der Waals surface area contributed by atoms with Gasteiger partial charge in [-0.3, -0.25) is 14.3 Å². The normalized spacial score (nSPS) is 13.1. The lowest BCUT2D eigenvalue weighted by Crippen LogP contribution is -2.37. The van der Waals surface area contributed by atoms with Crippen LogP contribution in [0.5, 0.6) is 0 Å². The van der Waals surface area contributed by atoms with E-state index in [1.807, 2.05) is 47.0 Å². The number of carbonyl (C=O) groups is 1. The molecule has 0 aliphatic carbocycles. The molecule has 0 N–H and O–H groups in total. The lowest BCUT2D eigenvalue weighted by molar-refractivity contribution is -0.116. The molecule has 166 valence electrons. The SMILES string of the molecule is O=C(CSc1nnc(-c2cccnc2)n1-c1ccccc1)N1CCCc2cc(F)cc(F)c21. The summed E-state index contributed by atoms with van der Waals surface area (Å²) < 4.78 is 30.0. The quantitative estimate of drug-likeness (QED) is 0.402. The summed E-state index contributed by atoms with van der Waals surface area (Å²) >= 11 is 1.22. The van der Waals surface area contributed by atoms with Gasteiger partial charge in [0.15, 0.2) is 11.0 Å². The van der Waals surface area contributed by atoms with E-state index in [-0.39, 0.29) is 17.3 Å². The maximum absolute atomic E-state index is 14.5. The summed E-state index contributed by atoms with van der Waals surface area (Å²) in [6.07, 6.45) is 4.58. The molecule has 0 unspecified atom stereocenters. The second-order valence-electron chi connectivity index (χ2n) is 7.55. The molecule has 0 spiro atoms. The fourth-order valence-electron chi connectivity index (χ4n) is 3.96. The van der Waals surface area contributed by atoms with Gasteiger partial charge >= 0.3 is 0 Å². The van der Waals surface area contributed by atoms with Gasteiger partial charge in [-0.1, -0.05) is 30.0 Å². The standard InChI is InChI=1S/C24H19F2N5OS/c25-18-12-16-7-5-11-30(22(16)20(26)13-18)21(32)15-33-24-29-28-23(17-6-4-10-27-14-17)31(24)19-8-2-1-3-9-19/h1-4,6,8-10,12-14H,5,7,11,15H2. The number of nitrogens with zero attached hydrogens (tertiary/aromatic N) is 5. The molecule has 2 aromatic heterocycles. The average Bonchev–Trinajstić information content (AvgIpc) is 3.27. The minimum Gasteiger partial charge on any atom is -0.309 e. The van der Waals surface area contributed by atoms with E-state index >= 15 is 0 Å². The number of amides is 1. The van der Waals surface area contributed by atoms with Crippen LogP contribution in [-0.2, 0) is 11.2 Å². The number of aryl methyl sites for hydroxylation is 1. The Labute approximate surface area is 193 Å². The Morgan fingerprint density at radius 2 is 1.91 bits per heavy atom. The highest BCUT2D eigenvalue weighted by Gasteiger charge is 2.27. The molecule has 0 atom stereocenters. The van der Waals surface area contributed by atoms with Crippen molar-refractivity contribution in [1.29, 1.82) is 0 Å². The minimum atomic E-state index is -0.714. The van der Waals surface area contributed by atoms with Crippen LogP contribution in [0.1, 0.15) is 12.0 Å². The third kappa shape index (κ3) is 4.23. The van der Waals surface area contributed by atoms with E-state index in [1.54, 1.807) is 12.4 Å². The second kappa shape index (κ2) is 9.11. The van der Waals surface area contributed by atoms with E-state index in [0.717, 1.165) is 17.3 Å². The van der Waals surface area contributed by atoms with Crippen LogP contribution in [-0.4, -0.2) is 38.0 Å². The molecule has 6 nitrogen and oxygen atoms in total. The second-order valence-corrected chi connectivity index (χ2v) is 8.49. The van der Waals surface area contributed by atoms with Crippen LogP contribution < -0.4 is 4.90 Å². The molecule has 0 saturated heterocycles. The number of benzene rings is 2. The number of halogens is 2.